The number of nitriles is 1. The molecule has 0 fully saturated rings. The van der Waals surface area contributed by atoms with Gasteiger partial charge in [0.1, 0.15) is 5.82 Å². The van der Waals surface area contributed by atoms with E-state index in [0.717, 1.165) is 6.54 Å². The van der Waals surface area contributed by atoms with E-state index in [1.807, 2.05) is 4.90 Å². The topological polar surface area (TPSA) is 56.1 Å². The van der Waals surface area contributed by atoms with Gasteiger partial charge in [-0.3, -0.25) is 9.69 Å². The van der Waals surface area contributed by atoms with Crippen molar-refractivity contribution >= 4 is 11.6 Å². The van der Waals surface area contributed by atoms with E-state index in [9.17, 15) is 9.18 Å². The van der Waals surface area contributed by atoms with Crippen molar-refractivity contribution in [3.63, 3.8) is 0 Å². The number of carbonyl (C=O) groups is 1. The number of rotatable bonds is 7. The van der Waals surface area contributed by atoms with Crippen LogP contribution in [0.3, 0.4) is 0 Å². The molecule has 20 heavy (non-hydrogen) atoms. The molecule has 0 unspecified atom stereocenters. The van der Waals surface area contributed by atoms with Crippen molar-refractivity contribution in [1.82, 2.24) is 4.90 Å². The summed E-state index contributed by atoms with van der Waals surface area (Å²) >= 11 is 0. The largest absolute Gasteiger partial charge is 0.325 e. The number of anilines is 1. The number of nitrogens with zero attached hydrogens (tertiary/aromatic N) is 2. The fourth-order valence-electron chi connectivity index (χ4n) is 1.90. The lowest BCUT2D eigenvalue weighted by Crippen LogP contribution is -2.36. The molecule has 0 heterocycles. The third kappa shape index (κ3) is 6.30. The molecule has 1 rings (SSSR count). The zero-order valence-electron chi connectivity index (χ0n) is 11.9. The minimum absolute atomic E-state index is 0.157. The van der Waals surface area contributed by atoms with Gasteiger partial charge in [0.15, 0.2) is 0 Å². The van der Waals surface area contributed by atoms with E-state index >= 15 is 0 Å². The molecule has 0 aromatic heterocycles. The summed E-state index contributed by atoms with van der Waals surface area (Å²) in [5.74, 6) is -0.0686. The second-order valence-electron chi connectivity index (χ2n) is 5.09. The Labute approximate surface area is 119 Å². The Morgan fingerprint density at radius 3 is 2.60 bits per heavy atom. The van der Waals surface area contributed by atoms with Gasteiger partial charge in [0, 0.05) is 25.2 Å². The first-order valence-electron chi connectivity index (χ1n) is 6.66. The Hall–Kier alpha value is -1.93. The number of hydrogen-bond acceptors (Lipinski definition) is 3. The van der Waals surface area contributed by atoms with Gasteiger partial charge in [0.2, 0.25) is 5.91 Å². The molecule has 1 amide bonds. The number of carbonyl (C=O) groups excluding carboxylic acids is 1. The van der Waals surface area contributed by atoms with E-state index in [1.165, 1.54) is 24.3 Å². The van der Waals surface area contributed by atoms with Crippen LogP contribution in [0.15, 0.2) is 24.3 Å². The highest BCUT2D eigenvalue weighted by Crippen LogP contribution is 2.08. The van der Waals surface area contributed by atoms with E-state index in [0.29, 0.717) is 24.6 Å². The van der Waals surface area contributed by atoms with Gasteiger partial charge in [-0.2, -0.15) is 5.26 Å². The molecule has 5 heteroatoms. The number of nitrogens with one attached hydrogen (secondary N) is 1. The second kappa shape index (κ2) is 8.28. The molecular weight excluding hydrogens is 257 g/mol. The lowest BCUT2D eigenvalue weighted by Gasteiger charge is -2.22. The van der Waals surface area contributed by atoms with Gasteiger partial charge in [-0.05, 0) is 30.2 Å². The molecule has 1 aromatic carbocycles. The van der Waals surface area contributed by atoms with Crippen LogP contribution in [0, 0.1) is 23.1 Å². The van der Waals surface area contributed by atoms with Gasteiger partial charge < -0.3 is 5.32 Å². The molecule has 0 aliphatic carbocycles. The zero-order valence-corrected chi connectivity index (χ0v) is 11.9. The summed E-state index contributed by atoms with van der Waals surface area (Å²) in [5, 5.41) is 11.4. The van der Waals surface area contributed by atoms with Crippen LogP contribution in [0.25, 0.3) is 0 Å². The minimum Gasteiger partial charge on any atom is -0.325 e. The fraction of sp³-hybridized carbons (Fsp3) is 0.467. The third-order valence-corrected chi connectivity index (χ3v) is 2.66. The van der Waals surface area contributed by atoms with Gasteiger partial charge in [-0.15, -0.1) is 0 Å². The second-order valence-corrected chi connectivity index (χ2v) is 5.09. The number of benzene rings is 1. The van der Waals surface area contributed by atoms with Crippen molar-refractivity contribution in [1.29, 1.82) is 5.26 Å². The van der Waals surface area contributed by atoms with Crippen LogP contribution in [-0.4, -0.2) is 30.4 Å². The van der Waals surface area contributed by atoms with Crippen LogP contribution in [0.4, 0.5) is 10.1 Å². The monoisotopic (exact) mass is 277 g/mol. The van der Waals surface area contributed by atoms with Crippen LogP contribution in [0.1, 0.15) is 20.3 Å². The van der Waals surface area contributed by atoms with Gasteiger partial charge in [0.05, 0.1) is 12.6 Å². The van der Waals surface area contributed by atoms with Gasteiger partial charge >= 0.3 is 0 Å². The highest BCUT2D eigenvalue weighted by Gasteiger charge is 2.12. The smallest absolute Gasteiger partial charge is 0.238 e. The van der Waals surface area contributed by atoms with Crippen molar-refractivity contribution < 1.29 is 9.18 Å². The van der Waals surface area contributed by atoms with E-state index in [-0.39, 0.29) is 18.3 Å². The minimum atomic E-state index is -0.335. The first-order valence-corrected chi connectivity index (χ1v) is 6.66. The molecule has 0 radical (unpaired) electrons. The molecule has 0 saturated heterocycles. The highest BCUT2D eigenvalue weighted by molar-refractivity contribution is 5.92. The SMILES string of the molecule is CC(C)CN(CCC#N)CC(=O)Nc1ccc(F)cc1. The molecule has 0 aliphatic rings. The van der Waals surface area contributed by atoms with E-state index < -0.39 is 0 Å². The summed E-state index contributed by atoms with van der Waals surface area (Å²) in [5.41, 5.74) is 0.571. The number of hydrogen-bond donors (Lipinski definition) is 1. The van der Waals surface area contributed by atoms with Gasteiger partial charge in [-0.25, -0.2) is 4.39 Å². The summed E-state index contributed by atoms with van der Waals surface area (Å²) in [7, 11) is 0. The highest BCUT2D eigenvalue weighted by atomic mass is 19.1. The average Bonchev–Trinajstić information content (AvgIpc) is 2.38. The molecule has 0 bridgehead atoms. The average molecular weight is 277 g/mol. The number of amides is 1. The van der Waals surface area contributed by atoms with Crippen molar-refractivity contribution in [3.8, 4) is 6.07 Å². The van der Waals surface area contributed by atoms with Crippen LogP contribution in [0.5, 0.6) is 0 Å². The summed E-state index contributed by atoms with van der Waals surface area (Å²) in [6.07, 6.45) is 0.399. The van der Waals surface area contributed by atoms with Crippen molar-refractivity contribution in [2.75, 3.05) is 25.0 Å². The molecule has 1 aromatic rings. The van der Waals surface area contributed by atoms with Crippen LogP contribution in [-0.2, 0) is 4.79 Å². The third-order valence-electron chi connectivity index (χ3n) is 2.66. The van der Waals surface area contributed by atoms with E-state index in [1.54, 1.807) is 0 Å². The fourth-order valence-corrected chi connectivity index (χ4v) is 1.90. The Morgan fingerprint density at radius 2 is 2.05 bits per heavy atom. The normalized spacial score (nSPS) is 10.6. The molecule has 4 nitrogen and oxygen atoms in total. The summed E-state index contributed by atoms with van der Waals surface area (Å²) in [4.78, 5) is 13.9. The predicted molar refractivity (Wildman–Crippen MR) is 76.5 cm³/mol. The summed E-state index contributed by atoms with van der Waals surface area (Å²) in [6.45, 7) is 5.70. The molecular formula is C15H20FN3O. The van der Waals surface area contributed by atoms with Crippen LogP contribution >= 0.6 is 0 Å². The maximum atomic E-state index is 12.8. The summed E-state index contributed by atoms with van der Waals surface area (Å²) in [6, 6.07) is 7.74. The maximum absolute atomic E-state index is 12.8. The number of halogens is 1. The summed E-state index contributed by atoms with van der Waals surface area (Å²) < 4.78 is 12.8. The standard InChI is InChI=1S/C15H20FN3O/c1-12(2)10-19(9-3-8-17)11-15(20)18-14-6-4-13(16)5-7-14/h4-7,12H,3,9-11H2,1-2H3,(H,18,20). The Balaban J connectivity index is 2.52. The molecule has 0 saturated carbocycles. The lowest BCUT2D eigenvalue weighted by atomic mass is 10.2. The molecule has 0 atom stereocenters. The predicted octanol–water partition coefficient (Wildman–Crippen LogP) is 2.64. The molecule has 0 spiro atoms. The Kier molecular flexibility index (Phi) is 6.68. The molecule has 1 N–H and O–H groups in total. The first kappa shape index (κ1) is 16.1. The van der Waals surface area contributed by atoms with Gasteiger partial charge in [0.25, 0.3) is 0 Å². The van der Waals surface area contributed by atoms with Gasteiger partial charge in [-0.1, -0.05) is 13.8 Å². The lowest BCUT2D eigenvalue weighted by molar-refractivity contribution is -0.117. The van der Waals surface area contributed by atoms with E-state index in [2.05, 4.69) is 25.2 Å². The van der Waals surface area contributed by atoms with Crippen molar-refractivity contribution in [2.24, 2.45) is 5.92 Å². The Bertz CT molecular complexity index is 465. The van der Waals surface area contributed by atoms with Crippen molar-refractivity contribution in [3.05, 3.63) is 30.1 Å². The Morgan fingerprint density at radius 1 is 1.40 bits per heavy atom. The van der Waals surface area contributed by atoms with Crippen molar-refractivity contribution in [2.45, 2.75) is 20.3 Å². The zero-order chi connectivity index (χ0) is 15.0. The quantitative estimate of drug-likeness (QED) is 0.833. The van der Waals surface area contributed by atoms with Crippen LogP contribution in [0.2, 0.25) is 0 Å². The molecule has 0 aliphatic heterocycles. The molecule has 108 valence electrons. The van der Waals surface area contributed by atoms with E-state index in [4.69, 9.17) is 5.26 Å². The first-order chi connectivity index (χ1) is 9.51. The maximum Gasteiger partial charge on any atom is 0.238 e. The van der Waals surface area contributed by atoms with Crippen LogP contribution < -0.4 is 5.32 Å².